The average Bonchev–Trinajstić information content (AvgIpc) is 2.57. The lowest BCUT2D eigenvalue weighted by molar-refractivity contribution is 0.0953. The fraction of sp³-hybridized carbons (Fsp3) is 0.118. The number of carbonyl (C=O) groups is 1. The van der Waals surface area contributed by atoms with Crippen LogP contribution in [0.25, 0.3) is 10.9 Å². The van der Waals surface area contributed by atoms with Gasteiger partial charge in [0, 0.05) is 10.0 Å². The topological polar surface area (TPSA) is 64.1 Å². The van der Waals surface area contributed by atoms with Crippen molar-refractivity contribution in [1.82, 2.24) is 9.55 Å². The van der Waals surface area contributed by atoms with E-state index in [1.54, 1.807) is 36.4 Å². The molecule has 0 bridgehead atoms. The minimum atomic E-state index is -0.503. The van der Waals surface area contributed by atoms with Crippen molar-refractivity contribution in [2.24, 2.45) is 0 Å². The summed E-state index contributed by atoms with van der Waals surface area (Å²) in [6.07, 6.45) is 0. The predicted molar refractivity (Wildman–Crippen MR) is 106 cm³/mol. The maximum absolute atomic E-state index is 12.8. The molecule has 8 heteroatoms. The van der Waals surface area contributed by atoms with Crippen LogP contribution in [0.4, 0.5) is 0 Å². The van der Waals surface area contributed by atoms with Gasteiger partial charge in [0.1, 0.15) is 5.75 Å². The number of nitrogens with one attached hydrogen (secondary N) is 1. The van der Waals surface area contributed by atoms with E-state index in [9.17, 15) is 9.59 Å². The summed E-state index contributed by atoms with van der Waals surface area (Å²) >= 11 is 11.9. The van der Waals surface area contributed by atoms with E-state index in [4.69, 9.17) is 17.0 Å². The van der Waals surface area contributed by atoms with Crippen molar-refractivity contribution in [2.75, 3.05) is 6.61 Å². The number of halogens is 2. The van der Waals surface area contributed by atoms with Gasteiger partial charge in [0.05, 0.1) is 22.0 Å². The number of ether oxygens (including phenoxy) is 1. The van der Waals surface area contributed by atoms with Gasteiger partial charge in [-0.25, -0.2) is 4.57 Å². The quantitative estimate of drug-likeness (QED) is 0.549. The second-order valence-electron chi connectivity index (χ2n) is 5.14. The summed E-state index contributed by atoms with van der Waals surface area (Å²) < 4.78 is 7.82. The number of aromatic amines is 1. The molecule has 0 aliphatic heterocycles. The summed E-state index contributed by atoms with van der Waals surface area (Å²) in [5, 5.41) is 0.376. The first kappa shape index (κ1) is 18.0. The number of nitrogens with zero attached hydrogens (tertiary/aromatic N) is 1. The minimum Gasteiger partial charge on any atom is -0.493 e. The van der Waals surface area contributed by atoms with Crippen molar-refractivity contribution < 1.29 is 9.53 Å². The highest BCUT2D eigenvalue weighted by Gasteiger charge is 2.16. The largest absolute Gasteiger partial charge is 0.493 e. The molecule has 0 atom stereocenters. The molecule has 0 aliphatic rings. The van der Waals surface area contributed by atoms with E-state index in [0.717, 1.165) is 9.04 Å². The molecule has 0 unspecified atom stereocenters. The van der Waals surface area contributed by atoms with E-state index in [1.165, 1.54) is 0 Å². The number of H-pyrrole nitrogens is 1. The van der Waals surface area contributed by atoms with Gasteiger partial charge in [-0.05, 0) is 71.5 Å². The lowest BCUT2D eigenvalue weighted by Crippen LogP contribution is -2.29. The van der Waals surface area contributed by atoms with Crippen molar-refractivity contribution in [3.63, 3.8) is 0 Å². The van der Waals surface area contributed by atoms with Gasteiger partial charge in [0.25, 0.3) is 11.5 Å². The van der Waals surface area contributed by atoms with Crippen molar-refractivity contribution in [3.05, 3.63) is 66.0 Å². The predicted octanol–water partition coefficient (Wildman–Crippen LogP) is 4.67. The number of benzene rings is 2. The Morgan fingerprint density at radius 1 is 1.24 bits per heavy atom. The van der Waals surface area contributed by atoms with Gasteiger partial charge in [-0.3, -0.25) is 9.59 Å². The van der Waals surface area contributed by atoms with Crippen LogP contribution in [0.3, 0.4) is 0 Å². The first-order valence-electron chi connectivity index (χ1n) is 7.34. The third-order valence-electron chi connectivity index (χ3n) is 3.54. The third kappa shape index (κ3) is 3.47. The van der Waals surface area contributed by atoms with Crippen LogP contribution in [0.2, 0.25) is 0 Å². The lowest BCUT2D eigenvalue weighted by atomic mass is 10.2. The fourth-order valence-electron chi connectivity index (χ4n) is 2.41. The molecule has 2 aromatic carbocycles. The summed E-state index contributed by atoms with van der Waals surface area (Å²) in [7, 11) is 0. The number of carbonyl (C=O) groups excluding carboxylic acids is 1. The van der Waals surface area contributed by atoms with E-state index < -0.39 is 11.5 Å². The Bertz CT molecular complexity index is 1110. The zero-order valence-electron chi connectivity index (χ0n) is 13.0. The van der Waals surface area contributed by atoms with Gasteiger partial charge in [0.15, 0.2) is 4.77 Å². The maximum atomic E-state index is 12.8. The van der Waals surface area contributed by atoms with E-state index in [1.807, 2.05) is 6.92 Å². The van der Waals surface area contributed by atoms with E-state index in [2.05, 4.69) is 36.8 Å². The Balaban J connectivity index is 2.16. The van der Waals surface area contributed by atoms with Crippen LogP contribution in [-0.4, -0.2) is 22.1 Å². The third-order valence-corrected chi connectivity index (χ3v) is 4.94. The van der Waals surface area contributed by atoms with Crippen LogP contribution in [0, 0.1) is 4.77 Å². The van der Waals surface area contributed by atoms with Crippen LogP contribution in [0.1, 0.15) is 17.3 Å². The molecule has 0 saturated heterocycles. The molecule has 0 aliphatic carbocycles. The molecule has 0 radical (unpaired) electrons. The molecule has 5 nitrogen and oxygen atoms in total. The fourth-order valence-corrected chi connectivity index (χ4v) is 3.54. The molecule has 128 valence electrons. The van der Waals surface area contributed by atoms with Crippen LogP contribution < -0.4 is 10.3 Å². The van der Waals surface area contributed by atoms with Gasteiger partial charge >= 0.3 is 0 Å². The van der Waals surface area contributed by atoms with Crippen LogP contribution >= 0.6 is 44.1 Å². The second kappa shape index (κ2) is 7.23. The summed E-state index contributed by atoms with van der Waals surface area (Å²) in [5.74, 6) is 0.121. The Hall–Kier alpha value is -1.77. The van der Waals surface area contributed by atoms with Crippen LogP contribution in [0.5, 0.6) is 5.75 Å². The van der Waals surface area contributed by atoms with Crippen molar-refractivity contribution >= 4 is 60.9 Å². The SMILES string of the molecule is CCOc1ccc(C(=O)n2c(=S)[nH]c3ccc(Br)cc3c2=O)cc1Br. The molecule has 0 amide bonds. The number of fused-ring (bicyclic) bond motifs is 1. The number of aromatic nitrogens is 2. The summed E-state index contributed by atoms with van der Waals surface area (Å²) in [6.45, 7) is 2.38. The highest BCUT2D eigenvalue weighted by molar-refractivity contribution is 9.10. The van der Waals surface area contributed by atoms with Gasteiger partial charge in [-0.1, -0.05) is 15.9 Å². The summed E-state index contributed by atoms with van der Waals surface area (Å²) in [5.41, 5.74) is 0.441. The number of rotatable bonds is 3. The molecule has 1 N–H and O–H groups in total. The molecule has 3 aromatic rings. The molecular formula is C17H12Br2N2O3S. The van der Waals surface area contributed by atoms with Gasteiger partial charge < -0.3 is 9.72 Å². The van der Waals surface area contributed by atoms with Crippen molar-refractivity contribution in [1.29, 1.82) is 0 Å². The van der Waals surface area contributed by atoms with Crippen LogP contribution in [-0.2, 0) is 0 Å². The maximum Gasteiger partial charge on any atom is 0.269 e. The molecule has 0 saturated carbocycles. The Morgan fingerprint density at radius 2 is 2.00 bits per heavy atom. The average molecular weight is 484 g/mol. The number of hydrogen-bond acceptors (Lipinski definition) is 4. The molecular weight excluding hydrogens is 472 g/mol. The van der Waals surface area contributed by atoms with Crippen molar-refractivity contribution in [2.45, 2.75) is 6.92 Å². The Labute approximate surface area is 164 Å². The zero-order valence-corrected chi connectivity index (χ0v) is 17.0. The zero-order chi connectivity index (χ0) is 18.1. The highest BCUT2D eigenvalue weighted by atomic mass is 79.9. The smallest absolute Gasteiger partial charge is 0.269 e. The molecule has 25 heavy (non-hydrogen) atoms. The molecule has 1 aromatic heterocycles. The molecule has 1 heterocycles. The lowest BCUT2D eigenvalue weighted by Gasteiger charge is -2.10. The second-order valence-corrected chi connectivity index (χ2v) is 7.30. The summed E-state index contributed by atoms with van der Waals surface area (Å²) in [4.78, 5) is 28.5. The molecule has 0 spiro atoms. The minimum absolute atomic E-state index is 0.0508. The van der Waals surface area contributed by atoms with E-state index >= 15 is 0 Å². The van der Waals surface area contributed by atoms with Gasteiger partial charge in [-0.15, -0.1) is 0 Å². The van der Waals surface area contributed by atoms with E-state index in [0.29, 0.717) is 33.3 Å². The van der Waals surface area contributed by atoms with Crippen LogP contribution in [0.15, 0.2) is 50.1 Å². The first-order valence-corrected chi connectivity index (χ1v) is 9.33. The number of hydrogen-bond donors (Lipinski definition) is 1. The normalized spacial score (nSPS) is 10.8. The standard InChI is InChI=1S/C17H12Br2N2O3S/c1-2-24-14-6-3-9(7-12(14)19)15(22)21-16(23)11-8-10(18)4-5-13(11)20-17(21)25/h3-8H,2H2,1H3,(H,20,25). The van der Waals surface area contributed by atoms with E-state index in [-0.39, 0.29) is 4.77 Å². The van der Waals surface area contributed by atoms with Gasteiger partial charge in [0.2, 0.25) is 0 Å². The first-order chi connectivity index (χ1) is 11.9. The monoisotopic (exact) mass is 482 g/mol. The Kier molecular flexibility index (Phi) is 5.21. The summed E-state index contributed by atoms with van der Waals surface area (Å²) in [6, 6.07) is 10.1. The molecule has 0 fully saturated rings. The van der Waals surface area contributed by atoms with Crippen molar-refractivity contribution in [3.8, 4) is 5.75 Å². The molecule has 3 rings (SSSR count). The highest BCUT2D eigenvalue weighted by Crippen LogP contribution is 2.26. The Morgan fingerprint density at radius 3 is 2.68 bits per heavy atom. The van der Waals surface area contributed by atoms with Gasteiger partial charge in [-0.2, -0.15) is 0 Å².